The van der Waals surface area contributed by atoms with Gasteiger partial charge in [-0.15, -0.1) is 0 Å². The number of hydrogen-bond donors (Lipinski definition) is 0. The molecule has 19 heavy (non-hydrogen) atoms. The first kappa shape index (κ1) is 12.0. The average molecular weight is 271 g/mol. The topological polar surface area (TPSA) is 47.8 Å². The second-order valence-electron chi connectivity index (χ2n) is 4.53. The lowest BCUT2D eigenvalue weighted by molar-refractivity contribution is 0.524. The normalized spacial score (nSPS) is 12.7. The minimum Gasteiger partial charge on any atom is -0.296 e. The van der Waals surface area contributed by atoms with E-state index in [2.05, 4.69) is 21.4 Å². The SMILES string of the molecule is C[C@H](Cc1ccsc1)n1cnc2ccncc2c1=O. The Morgan fingerprint density at radius 2 is 2.32 bits per heavy atom. The number of fused-ring (bicyclic) bond motifs is 1. The van der Waals surface area contributed by atoms with Crippen LogP contribution in [0.1, 0.15) is 18.5 Å². The van der Waals surface area contributed by atoms with Gasteiger partial charge in [-0.3, -0.25) is 14.3 Å². The zero-order chi connectivity index (χ0) is 13.2. The second kappa shape index (κ2) is 4.93. The molecule has 1 atom stereocenters. The largest absolute Gasteiger partial charge is 0.296 e. The van der Waals surface area contributed by atoms with Crippen LogP contribution in [0.3, 0.4) is 0 Å². The number of pyridine rings is 1. The summed E-state index contributed by atoms with van der Waals surface area (Å²) in [5.41, 5.74) is 1.91. The van der Waals surface area contributed by atoms with Gasteiger partial charge in [-0.05, 0) is 41.8 Å². The lowest BCUT2D eigenvalue weighted by atomic mass is 10.1. The molecule has 3 rings (SSSR count). The first-order chi connectivity index (χ1) is 9.25. The van der Waals surface area contributed by atoms with E-state index in [1.165, 1.54) is 5.56 Å². The van der Waals surface area contributed by atoms with Crippen molar-refractivity contribution in [1.29, 1.82) is 0 Å². The van der Waals surface area contributed by atoms with Crippen LogP contribution < -0.4 is 5.56 Å². The summed E-state index contributed by atoms with van der Waals surface area (Å²) in [6.45, 7) is 2.03. The second-order valence-corrected chi connectivity index (χ2v) is 5.31. The molecule has 0 aliphatic carbocycles. The van der Waals surface area contributed by atoms with Crippen molar-refractivity contribution in [3.8, 4) is 0 Å². The maximum atomic E-state index is 12.4. The molecule has 96 valence electrons. The van der Waals surface area contributed by atoms with Crippen LogP contribution >= 0.6 is 11.3 Å². The van der Waals surface area contributed by atoms with Crippen molar-refractivity contribution in [2.45, 2.75) is 19.4 Å². The Bertz CT molecular complexity index is 749. The highest BCUT2D eigenvalue weighted by molar-refractivity contribution is 7.07. The number of nitrogens with zero attached hydrogens (tertiary/aromatic N) is 3. The van der Waals surface area contributed by atoms with Crippen LogP contribution in [0.2, 0.25) is 0 Å². The van der Waals surface area contributed by atoms with Gasteiger partial charge in [0.1, 0.15) is 0 Å². The van der Waals surface area contributed by atoms with Gasteiger partial charge in [0.15, 0.2) is 0 Å². The van der Waals surface area contributed by atoms with E-state index in [9.17, 15) is 4.79 Å². The molecular formula is C14H13N3OS. The van der Waals surface area contributed by atoms with Gasteiger partial charge >= 0.3 is 0 Å². The zero-order valence-electron chi connectivity index (χ0n) is 10.5. The molecule has 0 aromatic carbocycles. The summed E-state index contributed by atoms with van der Waals surface area (Å²) in [5.74, 6) is 0. The van der Waals surface area contributed by atoms with Crippen LogP contribution in [-0.2, 0) is 6.42 Å². The van der Waals surface area contributed by atoms with Gasteiger partial charge in [0.05, 0.1) is 17.2 Å². The molecule has 0 spiro atoms. The third kappa shape index (κ3) is 2.29. The summed E-state index contributed by atoms with van der Waals surface area (Å²) in [6.07, 6.45) is 5.69. The van der Waals surface area contributed by atoms with Crippen LogP contribution in [0, 0.1) is 0 Å². The molecule has 0 N–H and O–H groups in total. The number of rotatable bonds is 3. The van der Waals surface area contributed by atoms with Crippen molar-refractivity contribution in [2.75, 3.05) is 0 Å². The van der Waals surface area contributed by atoms with E-state index in [0.29, 0.717) is 10.9 Å². The van der Waals surface area contributed by atoms with Crippen LogP contribution in [0.15, 0.2) is 46.4 Å². The lowest BCUT2D eigenvalue weighted by Crippen LogP contribution is -2.24. The summed E-state index contributed by atoms with van der Waals surface area (Å²) < 4.78 is 1.68. The number of hydrogen-bond acceptors (Lipinski definition) is 4. The Hall–Kier alpha value is -2.01. The van der Waals surface area contributed by atoms with Crippen LogP contribution in [0.25, 0.3) is 10.9 Å². The molecule has 0 fully saturated rings. The molecule has 0 unspecified atom stereocenters. The lowest BCUT2D eigenvalue weighted by Gasteiger charge is -2.14. The van der Waals surface area contributed by atoms with Crippen LogP contribution in [-0.4, -0.2) is 14.5 Å². The molecule has 0 bridgehead atoms. The van der Waals surface area contributed by atoms with Crippen molar-refractivity contribution < 1.29 is 0 Å². The van der Waals surface area contributed by atoms with Gasteiger partial charge in [0.25, 0.3) is 5.56 Å². The highest BCUT2D eigenvalue weighted by Gasteiger charge is 2.11. The van der Waals surface area contributed by atoms with E-state index in [0.717, 1.165) is 6.42 Å². The van der Waals surface area contributed by atoms with E-state index in [1.807, 2.05) is 12.3 Å². The van der Waals surface area contributed by atoms with Gasteiger partial charge in [-0.2, -0.15) is 11.3 Å². The van der Waals surface area contributed by atoms with E-state index in [-0.39, 0.29) is 11.6 Å². The van der Waals surface area contributed by atoms with E-state index in [4.69, 9.17) is 0 Å². The van der Waals surface area contributed by atoms with Gasteiger partial charge in [-0.1, -0.05) is 0 Å². The smallest absolute Gasteiger partial charge is 0.263 e. The molecule has 3 heterocycles. The molecule has 4 nitrogen and oxygen atoms in total. The summed E-state index contributed by atoms with van der Waals surface area (Å²) in [4.78, 5) is 20.7. The maximum absolute atomic E-state index is 12.4. The van der Waals surface area contributed by atoms with E-state index >= 15 is 0 Å². The Morgan fingerprint density at radius 1 is 1.42 bits per heavy atom. The first-order valence-corrected chi connectivity index (χ1v) is 7.02. The standard InChI is InChI=1S/C14H13N3OS/c1-10(6-11-3-5-19-8-11)17-9-16-13-2-4-15-7-12(13)14(17)18/h2-5,7-10H,6H2,1H3/t10-/m1/s1. The highest BCUT2D eigenvalue weighted by atomic mass is 32.1. The molecule has 0 radical (unpaired) electrons. The van der Waals surface area contributed by atoms with Crippen LogP contribution in [0.5, 0.6) is 0 Å². The minimum absolute atomic E-state index is 0.0270. The third-order valence-corrected chi connectivity index (χ3v) is 3.90. The fraction of sp³-hybridized carbons (Fsp3) is 0.214. The van der Waals surface area contributed by atoms with Gasteiger partial charge in [-0.25, -0.2) is 4.98 Å². The number of aromatic nitrogens is 3. The molecule has 0 saturated carbocycles. The summed E-state index contributed by atoms with van der Waals surface area (Å²) >= 11 is 1.67. The first-order valence-electron chi connectivity index (χ1n) is 6.07. The summed E-state index contributed by atoms with van der Waals surface area (Å²) in [6, 6.07) is 3.92. The van der Waals surface area contributed by atoms with Crippen molar-refractivity contribution in [1.82, 2.24) is 14.5 Å². The van der Waals surface area contributed by atoms with E-state index < -0.39 is 0 Å². The number of thiophene rings is 1. The Kier molecular flexibility index (Phi) is 3.13. The predicted octanol–water partition coefficient (Wildman–Crippen LogP) is 2.66. The van der Waals surface area contributed by atoms with E-state index in [1.54, 1.807) is 40.7 Å². The Balaban J connectivity index is 2.01. The van der Waals surface area contributed by atoms with Gasteiger partial charge in [0.2, 0.25) is 0 Å². The Morgan fingerprint density at radius 3 is 3.11 bits per heavy atom. The molecule has 3 aromatic heterocycles. The van der Waals surface area contributed by atoms with Crippen LogP contribution in [0.4, 0.5) is 0 Å². The molecule has 0 aliphatic heterocycles. The average Bonchev–Trinajstić information content (AvgIpc) is 2.92. The summed E-state index contributed by atoms with van der Waals surface area (Å²) in [7, 11) is 0. The quantitative estimate of drug-likeness (QED) is 0.735. The van der Waals surface area contributed by atoms with Crippen molar-refractivity contribution in [2.24, 2.45) is 0 Å². The molecule has 5 heteroatoms. The molecule has 0 saturated heterocycles. The molecule has 0 aliphatic rings. The third-order valence-electron chi connectivity index (χ3n) is 3.17. The fourth-order valence-electron chi connectivity index (χ4n) is 2.14. The Labute approximate surface area is 114 Å². The molecule has 0 amide bonds. The molecule has 3 aromatic rings. The van der Waals surface area contributed by atoms with Crippen molar-refractivity contribution in [3.63, 3.8) is 0 Å². The minimum atomic E-state index is -0.0270. The monoisotopic (exact) mass is 271 g/mol. The maximum Gasteiger partial charge on any atom is 0.263 e. The van der Waals surface area contributed by atoms with Crippen molar-refractivity contribution in [3.05, 3.63) is 57.5 Å². The zero-order valence-corrected chi connectivity index (χ0v) is 11.3. The summed E-state index contributed by atoms with van der Waals surface area (Å²) in [5, 5.41) is 4.73. The van der Waals surface area contributed by atoms with Gasteiger partial charge < -0.3 is 0 Å². The highest BCUT2D eigenvalue weighted by Crippen LogP contribution is 2.15. The van der Waals surface area contributed by atoms with Crippen molar-refractivity contribution >= 4 is 22.2 Å². The fourth-order valence-corrected chi connectivity index (χ4v) is 2.82. The van der Waals surface area contributed by atoms with Gasteiger partial charge in [0, 0.05) is 18.4 Å². The predicted molar refractivity (Wildman–Crippen MR) is 76.5 cm³/mol. The molecular weight excluding hydrogens is 258 g/mol.